The molecule has 110 valence electrons. The number of hydrogen-bond acceptors (Lipinski definition) is 3. The van der Waals surface area contributed by atoms with Gasteiger partial charge in [0.1, 0.15) is 5.82 Å². The first kappa shape index (κ1) is 14.8. The predicted molar refractivity (Wildman–Crippen MR) is 78.0 cm³/mol. The number of amides is 1. The highest BCUT2D eigenvalue weighted by atomic mass is 19.1. The van der Waals surface area contributed by atoms with Crippen LogP contribution in [0.2, 0.25) is 0 Å². The molecule has 1 aliphatic rings. The lowest BCUT2D eigenvalue weighted by Gasteiger charge is -2.37. The van der Waals surface area contributed by atoms with Crippen molar-refractivity contribution in [3.63, 3.8) is 0 Å². The Hall–Kier alpha value is -1.62. The average Bonchev–Trinajstić information content (AvgIpc) is 2.46. The summed E-state index contributed by atoms with van der Waals surface area (Å²) in [6.07, 6.45) is 0. The summed E-state index contributed by atoms with van der Waals surface area (Å²) in [6.45, 7) is 6.74. The van der Waals surface area contributed by atoms with E-state index in [1.807, 2.05) is 18.7 Å². The fourth-order valence-corrected chi connectivity index (χ4v) is 2.33. The predicted octanol–water partition coefficient (Wildman–Crippen LogP) is 1.46. The molecule has 1 saturated heterocycles. The van der Waals surface area contributed by atoms with Gasteiger partial charge >= 0.3 is 0 Å². The summed E-state index contributed by atoms with van der Waals surface area (Å²) in [6, 6.07) is 6.04. The SMILES string of the molecule is CC(C)[C@H](N)C(=O)N1CCN(c2ccc(F)cc2)CC1. The molecule has 2 rings (SSSR count). The topological polar surface area (TPSA) is 49.6 Å². The lowest BCUT2D eigenvalue weighted by molar-refractivity contribution is -0.133. The second-order valence-corrected chi connectivity index (χ2v) is 5.56. The van der Waals surface area contributed by atoms with Crippen LogP contribution in [-0.2, 0) is 4.79 Å². The van der Waals surface area contributed by atoms with E-state index >= 15 is 0 Å². The van der Waals surface area contributed by atoms with Gasteiger partial charge in [0.25, 0.3) is 0 Å². The third kappa shape index (κ3) is 3.28. The smallest absolute Gasteiger partial charge is 0.239 e. The van der Waals surface area contributed by atoms with Gasteiger partial charge in [-0.15, -0.1) is 0 Å². The van der Waals surface area contributed by atoms with Crippen molar-refractivity contribution in [1.82, 2.24) is 4.90 Å². The van der Waals surface area contributed by atoms with Crippen LogP contribution in [0.5, 0.6) is 0 Å². The first-order chi connectivity index (χ1) is 9.49. The van der Waals surface area contributed by atoms with E-state index in [1.54, 1.807) is 12.1 Å². The maximum absolute atomic E-state index is 12.9. The van der Waals surface area contributed by atoms with Crippen molar-refractivity contribution in [2.24, 2.45) is 11.7 Å². The lowest BCUT2D eigenvalue weighted by Crippen LogP contribution is -2.54. The number of benzene rings is 1. The van der Waals surface area contributed by atoms with E-state index in [0.717, 1.165) is 18.8 Å². The molecule has 1 atom stereocenters. The number of carbonyl (C=O) groups excluding carboxylic acids is 1. The number of hydrogen-bond donors (Lipinski definition) is 1. The van der Waals surface area contributed by atoms with E-state index in [-0.39, 0.29) is 17.6 Å². The molecule has 1 heterocycles. The average molecular weight is 279 g/mol. The van der Waals surface area contributed by atoms with Crippen LogP contribution < -0.4 is 10.6 Å². The molecule has 5 heteroatoms. The molecule has 1 amide bonds. The zero-order valence-electron chi connectivity index (χ0n) is 12.1. The molecule has 1 aromatic rings. The van der Waals surface area contributed by atoms with Crippen molar-refractivity contribution in [2.75, 3.05) is 31.1 Å². The van der Waals surface area contributed by atoms with Crippen LogP contribution in [0.3, 0.4) is 0 Å². The first-order valence-electron chi connectivity index (χ1n) is 7.04. The molecule has 0 radical (unpaired) electrons. The Morgan fingerprint density at radius 1 is 1.15 bits per heavy atom. The van der Waals surface area contributed by atoms with Crippen molar-refractivity contribution in [3.05, 3.63) is 30.1 Å². The van der Waals surface area contributed by atoms with Gasteiger partial charge < -0.3 is 15.5 Å². The fourth-order valence-electron chi connectivity index (χ4n) is 2.33. The van der Waals surface area contributed by atoms with Gasteiger partial charge in [-0.3, -0.25) is 4.79 Å². The molecule has 0 aliphatic carbocycles. The minimum atomic E-state index is -0.424. The minimum absolute atomic E-state index is 0.0266. The maximum Gasteiger partial charge on any atom is 0.239 e. The lowest BCUT2D eigenvalue weighted by atomic mass is 10.0. The molecular formula is C15H22FN3O. The van der Waals surface area contributed by atoms with Crippen LogP contribution in [-0.4, -0.2) is 43.0 Å². The second-order valence-electron chi connectivity index (χ2n) is 5.56. The molecule has 0 unspecified atom stereocenters. The van der Waals surface area contributed by atoms with Crippen molar-refractivity contribution in [3.8, 4) is 0 Å². The third-order valence-corrected chi connectivity index (χ3v) is 3.79. The van der Waals surface area contributed by atoms with Crippen LogP contribution in [0.4, 0.5) is 10.1 Å². The standard InChI is InChI=1S/C15H22FN3O/c1-11(2)14(17)15(20)19-9-7-18(8-10-19)13-5-3-12(16)4-6-13/h3-6,11,14H,7-10,17H2,1-2H3/t14-/m0/s1. The zero-order chi connectivity index (χ0) is 14.7. The van der Waals surface area contributed by atoms with Gasteiger partial charge in [0.2, 0.25) is 5.91 Å². The van der Waals surface area contributed by atoms with Gasteiger partial charge in [-0.1, -0.05) is 13.8 Å². The summed E-state index contributed by atoms with van der Waals surface area (Å²) >= 11 is 0. The van der Waals surface area contributed by atoms with E-state index < -0.39 is 6.04 Å². The van der Waals surface area contributed by atoms with Crippen LogP contribution in [0.1, 0.15) is 13.8 Å². The van der Waals surface area contributed by atoms with E-state index in [9.17, 15) is 9.18 Å². The summed E-state index contributed by atoms with van der Waals surface area (Å²) in [7, 11) is 0. The van der Waals surface area contributed by atoms with Crippen LogP contribution in [0, 0.1) is 11.7 Å². The van der Waals surface area contributed by atoms with Gasteiger partial charge in [-0.2, -0.15) is 0 Å². The summed E-state index contributed by atoms with van der Waals surface area (Å²) in [4.78, 5) is 16.1. The normalized spacial score (nSPS) is 17.4. The van der Waals surface area contributed by atoms with E-state index in [2.05, 4.69) is 4.90 Å². The zero-order valence-corrected chi connectivity index (χ0v) is 12.1. The molecule has 2 N–H and O–H groups in total. The van der Waals surface area contributed by atoms with Crippen molar-refractivity contribution in [1.29, 1.82) is 0 Å². The van der Waals surface area contributed by atoms with Gasteiger partial charge in [0.15, 0.2) is 0 Å². The number of nitrogens with two attached hydrogens (primary N) is 1. The van der Waals surface area contributed by atoms with Gasteiger partial charge in [0, 0.05) is 31.9 Å². The molecule has 0 bridgehead atoms. The number of nitrogens with zero attached hydrogens (tertiary/aromatic N) is 2. The number of halogens is 1. The van der Waals surface area contributed by atoms with Crippen LogP contribution in [0.15, 0.2) is 24.3 Å². The van der Waals surface area contributed by atoms with Crippen molar-refractivity contribution >= 4 is 11.6 Å². The quantitative estimate of drug-likeness (QED) is 0.911. The molecule has 1 aromatic carbocycles. The third-order valence-electron chi connectivity index (χ3n) is 3.79. The summed E-state index contributed by atoms with van der Waals surface area (Å²) in [5, 5.41) is 0. The Bertz CT molecular complexity index is 453. The first-order valence-corrected chi connectivity index (χ1v) is 7.04. The number of anilines is 1. The summed E-state index contributed by atoms with van der Waals surface area (Å²) in [5.74, 6) is -0.0538. The maximum atomic E-state index is 12.9. The minimum Gasteiger partial charge on any atom is -0.368 e. The van der Waals surface area contributed by atoms with Crippen molar-refractivity contribution in [2.45, 2.75) is 19.9 Å². The Morgan fingerprint density at radius 3 is 2.20 bits per heavy atom. The molecule has 0 spiro atoms. The van der Waals surface area contributed by atoms with Crippen LogP contribution in [0.25, 0.3) is 0 Å². The molecule has 0 aromatic heterocycles. The Balaban J connectivity index is 1.92. The van der Waals surface area contributed by atoms with Gasteiger partial charge in [-0.25, -0.2) is 4.39 Å². The molecule has 4 nitrogen and oxygen atoms in total. The largest absolute Gasteiger partial charge is 0.368 e. The fraction of sp³-hybridized carbons (Fsp3) is 0.533. The van der Waals surface area contributed by atoms with E-state index in [0.29, 0.717) is 13.1 Å². The van der Waals surface area contributed by atoms with E-state index in [1.165, 1.54) is 12.1 Å². The molecule has 1 fully saturated rings. The van der Waals surface area contributed by atoms with Crippen molar-refractivity contribution < 1.29 is 9.18 Å². The van der Waals surface area contributed by atoms with Gasteiger partial charge in [0.05, 0.1) is 6.04 Å². The Kier molecular flexibility index (Phi) is 4.60. The molecule has 20 heavy (non-hydrogen) atoms. The second kappa shape index (κ2) is 6.22. The number of piperazine rings is 1. The Morgan fingerprint density at radius 2 is 1.70 bits per heavy atom. The summed E-state index contributed by atoms with van der Waals surface area (Å²) < 4.78 is 12.9. The monoisotopic (exact) mass is 279 g/mol. The molecule has 0 saturated carbocycles. The number of rotatable bonds is 3. The van der Waals surface area contributed by atoms with Crippen LogP contribution >= 0.6 is 0 Å². The van der Waals surface area contributed by atoms with E-state index in [4.69, 9.17) is 5.73 Å². The summed E-state index contributed by atoms with van der Waals surface area (Å²) in [5.41, 5.74) is 6.90. The molecule has 1 aliphatic heterocycles. The highest BCUT2D eigenvalue weighted by Crippen LogP contribution is 2.17. The highest BCUT2D eigenvalue weighted by Gasteiger charge is 2.26. The number of carbonyl (C=O) groups is 1. The Labute approximate surface area is 119 Å². The highest BCUT2D eigenvalue weighted by molar-refractivity contribution is 5.82. The van der Waals surface area contributed by atoms with Gasteiger partial charge in [-0.05, 0) is 30.2 Å². The molecular weight excluding hydrogens is 257 g/mol.